The molecule has 0 saturated heterocycles. The number of carbonyl (C=O) groups is 2. The van der Waals surface area contributed by atoms with Gasteiger partial charge in [0.2, 0.25) is 0 Å². The molecule has 1 aliphatic rings. The van der Waals surface area contributed by atoms with E-state index in [4.69, 9.17) is 4.98 Å². The molecule has 32 heavy (non-hydrogen) atoms. The normalized spacial score (nSPS) is 13.1. The molecule has 5 aromatic rings. The average Bonchev–Trinajstić information content (AvgIpc) is 3.35. The minimum absolute atomic E-state index is 0.437. The van der Waals surface area contributed by atoms with E-state index in [1.54, 1.807) is 18.2 Å². The van der Waals surface area contributed by atoms with Crippen molar-refractivity contribution in [3.05, 3.63) is 109 Å². The van der Waals surface area contributed by atoms with Gasteiger partial charge in [-0.25, -0.2) is 4.98 Å². The highest BCUT2D eigenvalue weighted by Crippen LogP contribution is 2.36. The number of amides is 1. The molecule has 1 amide bonds. The predicted molar refractivity (Wildman–Crippen MR) is 124 cm³/mol. The number of rotatable bonds is 3. The fourth-order valence-corrected chi connectivity index (χ4v) is 4.26. The predicted octanol–water partition coefficient (Wildman–Crippen LogP) is 5.55. The summed E-state index contributed by atoms with van der Waals surface area (Å²) in [6, 6.07) is 32.8. The minimum atomic E-state index is -0.532. The lowest BCUT2D eigenvalue weighted by Crippen LogP contribution is -2.24. The van der Waals surface area contributed by atoms with Gasteiger partial charge in [-0.1, -0.05) is 42.5 Å². The number of aromatic nitrogens is 2. The lowest BCUT2D eigenvalue weighted by molar-refractivity contribution is -0.113. The van der Waals surface area contributed by atoms with E-state index in [0.717, 1.165) is 28.1 Å². The highest BCUT2D eigenvalue weighted by Gasteiger charge is 2.36. The molecule has 0 bridgehead atoms. The Morgan fingerprint density at radius 3 is 2.12 bits per heavy atom. The van der Waals surface area contributed by atoms with Crippen LogP contribution in [0.25, 0.3) is 28.1 Å². The molecule has 1 aliphatic heterocycles. The number of fused-ring (bicyclic) bond motifs is 2. The number of Topliss-reactive ketones (excluding diaryl/α,β-unsaturated/α-hetero) is 1. The number of hydrogen-bond donors (Lipinski definition) is 0. The van der Waals surface area contributed by atoms with Crippen LogP contribution >= 0.6 is 0 Å². The maximum Gasteiger partial charge on any atom is 0.304 e. The second-order valence-corrected chi connectivity index (χ2v) is 7.63. The van der Waals surface area contributed by atoms with Crippen LogP contribution in [0.1, 0.15) is 10.4 Å². The molecule has 5 nitrogen and oxygen atoms in total. The maximum atomic E-state index is 12.6. The van der Waals surface area contributed by atoms with Gasteiger partial charge >= 0.3 is 5.91 Å². The second kappa shape index (κ2) is 7.03. The largest absolute Gasteiger partial charge is 0.304 e. The van der Waals surface area contributed by atoms with E-state index in [0.29, 0.717) is 16.9 Å². The Kier molecular flexibility index (Phi) is 4.01. The van der Waals surface area contributed by atoms with Gasteiger partial charge in [0.05, 0.1) is 22.3 Å². The van der Waals surface area contributed by atoms with Crippen LogP contribution in [0.2, 0.25) is 0 Å². The molecule has 2 heterocycles. The first-order valence-electron chi connectivity index (χ1n) is 10.3. The van der Waals surface area contributed by atoms with Crippen molar-refractivity contribution in [1.82, 2.24) is 9.55 Å². The topological polar surface area (TPSA) is 55.2 Å². The van der Waals surface area contributed by atoms with Crippen LogP contribution in [-0.2, 0) is 4.79 Å². The molecule has 0 aliphatic carbocycles. The van der Waals surface area contributed by atoms with Gasteiger partial charge in [0, 0.05) is 16.9 Å². The number of para-hydroxylation sites is 4. The first-order chi connectivity index (χ1) is 15.7. The Labute approximate surface area is 184 Å². The zero-order valence-corrected chi connectivity index (χ0v) is 17.0. The third kappa shape index (κ3) is 2.68. The monoisotopic (exact) mass is 415 g/mol. The molecule has 0 radical (unpaired) electrons. The summed E-state index contributed by atoms with van der Waals surface area (Å²) >= 11 is 0. The number of benzene rings is 4. The van der Waals surface area contributed by atoms with Gasteiger partial charge in [-0.2, -0.15) is 0 Å². The molecule has 0 fully saturated rings. The molecular formula is C27H17N3O2. The van der Waals surface area contributed by atoms with Crippen molar-refractivity contribution in [2.24, 2.45) is 0 Å². The van der Waals surface area contributed by atoms with Crippen molar-refractivity contribution < 1.29 is 9.59 Å². The van der Waals surface area contributed by atoms with Crippen molar-refractivity contribution >= 4 is 34.1 Å². The molecule has 0 spiro atoms. The minimum Gasteiger partial charge on any atom is -0.292 e. The fraction of sp³-hybridized carbons (Fsp3) is 0. The summed E-state index contributed by atoms with van der Waals surface area (Å²) in [7, 11) is 0. The van der Waals surface area contributed by atoms with Gasteiger partial charge < -0.3 is 0 Å². The van der Waals surface area contributed by atoms with E-state index in [2.05, 4.69) is 22.8 Å². The van der Waals surface area contributed by atoms with E-state index in [9.17, 15) is 9.59 Å². The summed E-state index contributed by atoms with van der Waals surface area (Å²) in [4.78, 5) is 31.4. The third-order valence-electron chi connectivity index (χ3n) is 5.75. The van der Waals surface area contributed by atoms with Crippen LogP contribution in [0.15, 0.2) is 103 Å². The van der Waals surface area contributed by atoms with Crippen LogP contribution < -0.4 is 4.90 Å². The van der Waals surface area contributed by atoms with Crippen molar-refractivity contribution in [3.63, 3.8) is 0 Å². The number of anilines is 2. The fourth-order valence-electron chi connectivity index (χ4n) is 4.26. The van der Waals surface area contributed by atoms with Gasteiger partial charge in [0.15, 0.2) is 0 Å². The molecule has 6 rings (SSSR count). The Balaban J connectivity index is 1.47. The van der Waals surface area contributed by atoms with Crippen LogP contribution in [0.5, 0.6) is 0 Å². The van der Waals surface area contributed by atoms with Crippen molar-refractivity contribution in [2.75, 3.05) is 4.90 Å². The number of hydrogen-bond acceptors (Lipinski definition) is 3. The zero-order valence-electron chi connectivity index (χ0n) is 17.0. The second-order valence-electron chi connectivity index (χ2n) is 7.63. The Morgan fingerprint density at radius 1 is 0.625 bits per heavy atom. The number of nitrogens with zero attached hydrogens (tertiary/aromatic N) is 3. The zero-order chi connectivity index (χ0) is 21.7. The molecule has 1 aromatic heterocycles. The lowest BCUT2D eigenvalue weighted by Gasteiger charge is -2.17. The van der Waals surface area contributed by atoms with Gasteiger partial charge in [0.25, 0.3) is 5.78 Å². The van der Waals surface area contributed by atoms with Crippen molar-refractivity contribution in [1.29, 1.82) is 0 Å². The van der Waals surface area contributed by atoms with Crippen LogP contribution in [0.4, 0.5) is 11.4 Å². The Morgan fingerprint density at radius 2 is 1.31 bits per heavy atom. The maximum absolute atomic E-state index is 12.6. The molecule has 4 aromatic carbocycles. The summed E-state index contributed by atoms with van der Waals surface area (Å²) in [6.07, 6.45) is 0. The lowest BCUT2D eigenvalue weighted by atomic mass is 10.1. The molecule has 0 N–H and O–H groups in total. The van der Waals surface area contributed by atoms with E-state index in [1.165, 1.54) is 4.90 Å². The van der Waals surface area contributed by atoms with Gasteiger partial charge in [-0.3, -0.25) is 19.1 Å². The highest BCUT2D eigenvalue weighted by molar-refractivity contribution is 6.53. The van der Waals surface area contributed by atoms with E-state index in [1.807, 2.05) is 66.7 Å². The van der Waals surface area contributed by atoms with Gasteiger partial charge in [-0.05, 0) is 60.7 Å². The highest BCUT2D eigenvalue weighted by atomic mass is 16.2. The number of imidazole rings is 1. The van der Waals surface area contributed by atoms with E-state index < -0.39 is 11.7 Å². The summed E-state index contributed by atoms with van der Waals surface area (Å²) in [5.74, 6) is -0.195. The standard InChI is InChI=1S/C27H17N3O2/c31-25-21-10-4-6-12-23(21)30(27(25)32)20-16-14-18(15-17-20)26-28-22-11-5-7-13-24(22)29(26)19-8-2-1-3-9-19/h1-17H. The van der Waals surface area contributed by atoms with Crippen molar-refractivity contribution in [2.45, 2.75) is 0 Å². The van der Waals surface area contributed by atoms with Crippen molar-refractivity contribution in [3.8, 4) is 17.1 Å². The molecule has 5 heteroatoms. The summed E-state index contributed by atoms with van der Waals surface area (Å²) < 4.78 is 2.13. The van der Waals surface area contributed by atoms with E-state index >= 15 is 0 Å². The van der Waals surface area contributed by atoms with E-state index in [-0.39, 0.29) is 0 Å². The number of ketones is 1. The summed E-state index contributed by atoms with van der Waals surface area (Å²) in [5, 5.41) is 0. The molecule has 0 unspecified atom stereocenters. The average molecular weight is 415 g/mol. The van der Waals surface area contributed by atoms with Crippen LogP contribution in [0.3, 0.4) is 0 Å². The van der Waals surface area contributed by atoms with Gasteiger partial charge in [0.1, 0.15) is 5.82 Å². The quantitative estimate of drug-likeness (QED) is 0.363. The molecule has 0 atom stereocenters. The molecule has 152 valence electrons. The summed E-state index contributed by atoms with van der Waals surface area (Å²) in [5.41, 5.74) is 5.57. The smallest absolute Gasteiger partial charge is 0.292 e. The van der Waals surface area contributed by atoms with Crippen LogP contribution in [0, 0.1) is 0 Å². The molecule has 0 saturated carbocycles. The SMILES string of the molecule is O=C1C(=O)N(c2ccc(-c3nc4ccccc4n3-c3ccccc3)cc2)c2ccccc21. The Bertz CT molecular complexity index is 1500. The Hall–Kier alpha value is -4.51. The third-order valence-corrected chi connectivity index (χ3v) is 5.75. The van der Waals surface area contributed by atoms with Gasteiger partial charge in [-0.15, -0.1) is 0 Å². The number of carbonyl (C=O) groups excluding carboxylic acids is 2. The van der Waals surface area contributed by atoms with Crippen LogP contribution in [-0.4, -0.2) is 21.2 Å². The first-order valence-corrected chi connectivity index (χ1v) is 10.3. The first kappa shape index (κ1) is 18.3. The molecular weight excluding hydrogens is 398 g/mol. The summed E-state index contributed by atoms with van der Waals surface area (Å²) in [6.45, 7) is 0.